The van der Waals surface area contributed by atoms with E-state index in [9.17, 15) is 24.3 Å². The molecule has 2 aromatic carbocycles. The third-order valence-electron chi connectivity index (χ3n) is 6.34. The molecule has 0 aromatic heterocycles. The van der Waals surface area contributed by atoms with E-state index in [2.05, 4.69) is 22.9 Å². The van der Waals surface area contributed by atoms with Crippen molar-refractivity contribution >= 4 is 23.9 Å². The van der Waals surface area contributed by atoms with E-state index in [-0.39, 0.29) is 31.3 Å². The van der Waals surface area contributed by atoms with Gasteiger partial charge in [-0.05, 0) is 28.2 Å². The number of carboxylic acids is 1. The summed E-state index contributed by atoms with van der Waals surface area (Å²) in [5.74, 6) is -2.61. The number of nitrogens with zero attached hydrogens (tertiary/aromatic N) is 1. The van der Waals surface area contributed by atoms with E-state index < -0.39 is 36.0 Å². The summed E-state index contributed by atoms with van der Waals surface area (Å²) in [6.45, 7) is 3.81. The summed E-state index contributed by atoms with van der Waals surface area (Å²) in [5, 5.41) is 12.8. The molecule has 1 aliphatic carbocycles. The number of fused-ring (bicyclic) bond motifs is 3. The number of rotatable bonds is 7. The first-order valence-electron chi connectivity index (χ1n) is 11.2. The van der Waals surface area contributed by atoms with Crippen LogP contribution in [0, 0.1) is 5.92 Å². The molecule has 3 N–H and O–H groups in total. The molecule has 9 heteroatoms. The third-order valence-corrected chi connectivity index (χ3v) is 6.34. The summed E-state index contributed by atoms with van der Waals surface area (Å²) in [7, 11) is 0. The molecule has 2 aromatic rings. The molecule has 0 spiro atoms. The average Bonchev–Trinajstić information content (AvgIpc) is 3.35. The summed E-state index contributed by atoms with van der Waals surface area (Å²) in [5.41, 5.74) is 6.72. The number of carbonyl (C=O) groups excluding carboxylic acids is 3. The number of benzene rings is 2. The van der Waals surface area contributed by atoms with Gasteiger partial charge in [0.1, 0.15) is 6.61 Å². The van der Waals surface area contributed by atoms with Crippen molar-refractivity contribution in [1.82, 2.24) is 15.8 Å². The number of alkyl carbamates (subject to hydrolysis) is 1. The lowest BCUT2D eigenvalue weighted by molar-refractivity contribution is -0.150. The van der Waals surface area contributed by atoms with Gasteiger partial charge in [0.05, 0.1) is 6.42 Å². The molecule has 3 amide bonds. The van der Waals surface area contributed by atoms with Gasteiger partial charge in [-0.25, -0.2) is 14.6 Å². The second-order valence-electron chi connectivity index (χ2n) is 8.88. The Bertz CT molecular complexity index is 1090. The zero-order chi connectivity index (χ0) is 24.4. The van der Waals surface area contributed by atoms with Crippen molar-refractivity contribution in [3.8, 4) is 11.1 Å². The van der Waals surface area contributed by atoms with Gasteiger partial charge in [-0.3, -0.25) is 15.0 Å². The molecule has 2 atom stereocenters. The van der Waals surface area contributed by atoms with Crippen molar-refractivity contribution in [3.63, 3.8) is 0 Å². The predicted molar refractivity (Wildman–Crippen MR) is 122 cm³/mol. The van der Waals surface area contributed by atoms with Crippen LogP contribution < -0.4 is 10.7 Å². The Morgan fingerprint density at radius 2 is 1.68 bits per heavy atom. The molecule has 9 nitrogen and oxygen atoms in total. The quantitative estimate of drug-likeness (QED) is 0.577. The molecule has 0 radical (unpaired) electrons. The van der Waals surface area contributed by atoms with Crippen LogP contribution in [0.25, 0.3) is 11.1 Å². The zero-order valence-electron chi connectivity index (χ0n) is 19.0. The molecule has 0 bridgehead atoms. The first kappa shape index (κ1) is 23.3. The number of hydrazine groups is 1. The fourth-order valence-electron chi connectivity index (χ4n) is 4.49. The molecule has 1 heterocycles. The topological polar surface area (TPSA) is 125 Å². The highest BCUT2D eigenvalue weighted by Gasteiger charge is 2.40. The van der Waals surface area contributed by atoms with E-state index in [1.54, 1.807) is 0 Å². The minimum atomic E-state index is -1.27. The smallest absolute Gasteiger partial charge is 0.407 e. The second kappa shape index (κ2) is 9.54. The van der Waals surface area contributed by atoms with Crippen molar-refractivity contribution in [3.05, 3.63) is 59.7 Å². The SMILES string of the molecule is CC(C)[C@H](CC(=O)N1NC(=O)CC1C(=O)O)NC(=O)OCC1c2ccccc2-c2ccccc21. The molecule has 4 rings (SSSR count). The number of aliphatic carboxylic acids is 1. The van der Waals surface area contributed by atoms with Gasteiger partial charge in [0.2, 0.25) is 11.8 Å². The molecule has 1 aliphatic heterocycles. The maximum Gasteiger partial charge on any atom is 0.407 e. The van der Waals surface area contributed by atoms with Crippen molar-refractivity contribution in [1.29, 1.82) is 0 Å². The molecule has 1 fully saturated rings. The van der Waals surface area contributed by atoms with Crippen molar-refractivity contribution in [2.24, 2.45) is 5.92 Å². The Balaban J connectivity index is 1.39. The highest BCUT2D eigenvalue weighted by molar-refractivity contribution is 5.94. The number of ether oxygens (including phenoxy) is 1. The van der Waals surface area contributed by atoms with Gasteiger partial charge >= 0.3 is 12.1 Å². The van der Waals surface area contributed by atoms with Gasteiger partial charge in [0.25, 0.3) is 0 Å². The number of carbonyl (C=O) groups is 4. The maximum absolute atomic E-state index is 12.7. The molecule has 2 aliphatic rings. The monoisotopic (exact) mass is 465 g/mol. The van der Waals surface area contributed by atoms with Crippen molar-refractivity contribution in [2.45, 2.75) is 44.7 Å². The Morgan fingerprint density at radius 1 is 1.09 bits per heavy atom. The Kier molecular flexibility index (Phi) is 6.54. The van der Waals surface area contributed by atoms with Crippen molar-refractivity contribution in [2.75, 3.05) is 6.61 Å². The van der Waals surface area contributed by atoms with Crippen LogP contribution in [0.2, 0.25) is 0 Å². The fraction of sp³-hybridized carbons (Fsp3) is 0.360. The van der Waals surface area contributed by atoms with Crippen LogP contribution >= 0.6 is 0 Å². The van der Waals surface area contributed by atoms with Crippen LogP contribution in [0.3, 0.4) is 0 Å². The largest absolute Gasteiger partial charge is 0.480 e. The molecule has 1 saturated heterocycles. The third kappa shape index (κ3) is 4.59. The second-order valence-corrected chi connectivity index (χ2v) is 8.88. The minimum Gasteiger partial charge on any atom is -0.480 e. The lowest BCUT2D eigenvalue weighted by Crippen LogP contribution is -2.50. The Labute approximate surface area is 197 Å². The van der Waals surface area contributed by atoms with Gasteiger partial charge in [-0.15, -0.1) is 0 Å². The van der Waals surface area contributed by atoms with Crippen molar-refractivity contribution < 1.29 is 29.0 Å². The highest BCUT2D eigenvalue weighted by Crippen LogP contribution is 2.44. The van der Waals surface area contributed by atoms with Crippen LogP contribution in [0.15, 0.2) is 48.5 Å². The van der Waals surface area contributed by atoms with E-state index in [1.807, 2.05) is 50.2 Å². The Morgan fingerprint density at radius 3 is 2.24 bits per heavy atom. The number of nitrogens with one attached hydrogen (secondary N) is 2. The molecule has 0 saturated carbocycles. The maximum atomic E-state index is 12.7. The van der Waals surface area contributed by atoms with Crippen LogP contribution in [0.4, 0.5) is 4.79 Å². The molecular weight excluding hydrogens is 438 g/mol. The zero-order valence-corrected chi connectivity index (χ0v) is 19.0. The first-order chi connectivity index (χ1) is 16.3. The number of hydrogen-bond acceptors (Lipinski definition) is 5. The van der Waals surface area contributed by atoms with Gasteiger partial charge in [0, 0.05) is 18.4 Å². The lowest BCUT2D eigenvalue weighted by Gasteiger charge is -2.26. The van der Waals surface area contributed by atoms with E-state index >= 15 is 0 Å². The first-order valence-corrected chi connectivity index (χ1v) is 11.2. The minimum absolute atomic E-state index is 0.0894. The molecular formula is C25H27N3O6. The van der Waals surface area contributed by atoms with E-state index in [0.29, 0.717) is 0 Å². The van der Waals surface area contributed by atoms with Gasteiger partial charge in [-0.2, -0.15) is 0 Å². The summed E-state index contributed by atoms with van der Waals surface area (Å²) in [4.78, 5) is 48.3. The van der Waals surface area contributed by atoms with Crippen LogP contribution in [-0.4, -0.2) is 52.7 Å². The predicted octanol–water partition coefficient (Wildman–Crippen LogP) is 2.66. The summed E-state index contributed by atoms with van der Waals surface area (Å²) in [6, 6.07) is 14.2. The van der Waals surface area contributed by atoms with Gasteiger partial charge in [0.15, 0.2) is 6.04 Å². The summed E-state index contributed by atoms with van der Waals surface area (Å²) >= 11 is 0. The van der Waals surface area contributed by atoms with E-state index in [4.69, 9.17) is 4.74 Å². The normalized spacial score (nSPS) is 17.7. The average molecular weight is 466 g/mol. The number of hydrogen-bond donors (Lipinski definition) is 3. The summed E-state index contributed by atoms with van der Waals surface area (Å²) < 4.78 is 5.56. The van der Waals surface area contributed by atoms with E-state index in [1.165, 1.54) is 0 Å². The van der Waals surface area contributed by atoms with Gasteiger partial charge in [-0.1, -0.05) is 62.4 Å². The standard InChI is InChI=1S/C25H27N3O6/c1-14(2)20(11-23(30)28-21(24(31)32)12-22(29)27-28)26-25(33)34-13-19-17-9-5-3-7-15(17)16-8-4-6-10-18(16)19/h3-10,14,19-21H,11-13H2,1-2H3,(H,26,33)(H,27,29)(H,31,32)/t20-,21?/m0/s1. The molecule has 178 valence electrons. The van der Waals surface area contributed by atoms with Crippen LogP contribution in [-0.2, 0) is 19.1 Å². The Hall–Kier alpha value is -3.88. The molecule has 1 unspecified atom stereocenters. The van der Waals surface area contributed by atoms with E-state index in [0.717, 1.165) is 27.3 Å². The van der Waals surface area contributed by atoms with Gasteiger partial charge < -0.3 is 15.2 Å². The number of carboxylic acid groups (broad SMARTS) is 1. The summed E-state index contributed by atoms with van der Waals surface area (Å²) in [6.07, 6.45) is -1.13. The molecule has 34 heavy (non-hydrogen) atoms. The van der Waals surface area contributed by atoms with Crippen LogP contribution in [0.1, 0.15) is 43.7 Å². The fourth-order valence-corrected chi connectivity index (χ4v) is 4.49. The lowest BCUT2D eigenvalue weighted by atomic mass is 9.98. The highest BCUT2D eigenvalue weighted by atomic mass is 16.5. The number of amides is 3. The van der Waals surface area contributed by atoms with Crippen LogP contribution in [0.5, 0.6) is 0 Å².